The van der Waals surface area contributed by atoms with Crippen LogP contribution in [0.3, 0.4) is 0 Å². The Morgan fingerprint density at radius 2 is 2.00 bits per heavy atom. The van der Waals surface area contributed by atoms with Crippen molar-refractivity contribution >= 4 is 22.9 Å². The first kappa shape index (κ1) is 11.6. The normalized spacial score (nSPS) is 12.7. The van der Waals surface area contributed by atoms with E-state index in [1.54, 1.807) is 11.3 Å². The molecule has 0 spiro atoms. The highest BCUT2D eigenvalue weighted by atomic mass is 35.5. The van der Waals surface area contributed by atoms with E-state index >= 15 is 0 Å². The van der Waals surface area contributed by atoms with Gasteiger partial charge in [0, 0.05) is 9.90 Å². The fourth-order valence-electron chi connectivity index (χ4n) is 1.75. The summed E-state index contributed by atoms with van der Waals surface area (Å²) in [6.45, 7) is 2.08. The molecule has 1 heterocycles. The Labute approximate surface area is 104 Å². The maximum Gasteiger partial charge on any atom is 0.0735 e. The lowest BCUT2D eigenvalue weighted by atomic mass is 10.0. The van der Waals surface area contributed by atoms with Crippen LogP contribution in [0, 0.1) is 6.92 Å². The first-order chi connectivity index (χ1) is 7.74. The number of nitrogens with one attached hydrogen (secondary N) is 1. The van der Waals surface area contributed by atoms with Crippen LogP contribution in [0.5, 0.6) is 0 Å². The molecule has 84 valence electrons. The first-order valence-electron chi connectivity index (χ1n) is 4.98. The predicted octanol–water partition coefficient (Wildman–Crippen LogP) is 3.26. The fourth-order valence-corrected chi connectivity index (χ4v) is 2.74. The van der Waals surface area contributed by atoms with Gasteiger partial charge in [0.05, 0.1) is 6.04 Å². The summed E-state index contributed by atoms with van der Waals surface area (Å²) in [7, 11) is 0. The zero-order valence-electron chi connectivity index (χ0n) is 8.91. The molecule has 1 atom stereocenters. The molecule has 0 aliphatic heterocycles. The van der Waals surface area contributed by atoms with Crippen molar-refractivity contribution in [1.82, 2.24) is 5.43 Å². The third kappa shape index (κ3) is 2.13. The molecule has 0 bridgehead atoms. The molecule has 2 rings (SSSR count). The summed E-state index contributed by atoms with van der Waals surface area (Å²) in [5, 5.41) is 2.79. The van der Waals surface area contributed by atoms with Gasteiger partial charge in [-0.15, -0.1) is 11.3 Å². The van der Waals surface area contributed by atoms with E-state index in [1.165, 1.54) is 10.4 Å². The SMILES string of the molecule is Cc1sccc1C(NN)c1ccccc1Cl. The van der Waals surface area contributed by atoms with Crippen LogP contribution >= 0.6 is 22.9 Å². The van der Waals surface area contributed by atoms with Crippen LogP contribution in [-0.4, -0.2) is 0 Å². The average Bonchev–Trinajstić information content (AvgIpc) is 2.69. The lowest BCUT2D eigenvalue weighted by Gasteiger charge is -2.17. The highest BCUT2D eigenvalue weighted by Crippen LogP contribution is 2.31. The van der Waals surface area contributed by atoms with Gasteiger partial charge in [0.25, 0.3) is 0 Å². The molecule has 4 heteroatoms. The fraction of sp³-hybridized carbons (Fsp3) is 0.167. The maximum absolute atomic E-state index is 6.17. The van der Waals surface area contributed by atoms with E-state index in [0.717, 1.165) is 10.6 Å². The van der Waals surface area contributed by atoms with Crippen LogP contribution in [0.15, 0.2) is 35.7 Å². The summed E-state index contributed by atoms with van der Waals surface area (Å²) in [6, 6.07) is 9.79. The minimum Gasteiger partial charge on any atom is -0.271 e. The van der Waals surface area contributed by atoms with E-state index in [0.29, 0.717) is 0 Å². The molecular weight excluding hydrogens is 240 g/mol. The number of halogens is 1. The van der Waals surface area contributed by atoms with Gasteiger partial charge in [-0.05, 0) is 35.6 Å². The van der Waals surface area contributed by atoms with Crippen LogP contribution < -0.4 is 11.3 Å². The summed E-state index contributed by atoms with van der Waals surface area (Å²) < 4.78 is 0. The zero-order chi connectivity index (χ0) is 11.5. The Bertz CT molecular complexity index is 481. The second-order valence-corrected chi connectivity index (χ2v) is 5.08. The molecule has 1 aromatic heterocycles. The summed E-state index contributed by atoms with van der Waals surface area (Å²) >= 11 is 7.88. The van der Waals surface area contributed by atoms with Gasteiger partial charge in [-0.25, -0.2) is 5.43 Å². The van der Waals surface area contributed by atoms with Gasteiger partial charge in [-0.3, -0.25) is 5.84 Å². The van der Waals surface area contributed by atoms with Crippen molar-refractivity contribution in [2.45, 2.75) is 13.0 Å². The second-order valence-electron chi connectivity index (χ2n) is 3.55. The van der Waals surface area contributed by atoms with Gasteiger partial charge in [-0.2, -0.15) is 0 Å². The molecule has 0 fully saturated rings. The number of rotatable bonds is 3. The topological polar surface area (TPSA) is 38.0 Å². The molecule has 0 aliphatic rings. The van der Waals surface area contributed by atoms with E-state index in [4.69, 9.17) is 17.4 Å². The van der Waals surface area contributed by atoms with Crippen LogP contribution in [-0.2, 0) is 0 Å². The summed E-state index contributed by atoms with van der Waals surface area (Å²) in [5.74, 6) is 5.63. The molecule has 0 saturated heterocycles. The smallest absolute Gasteiger partial charge is 0.0735 e. The van der Waals surface area contributed by atoms with Gasteiger partial charge in [0.15, 0.2) is 0 Å². The van der Waals surface area contributed by atoms with Gasteiger partial charge >= 0.3 is 0 Å². The van der Waals surface area contributed by atoms with Crippen LogP contribution in [0.4, 0.5) is 0 Å². The molecule has 0 saturated carbocycles. The minimum absolute atomic E-state index is 0.0417. The number of hydrogen-bond acceptors (Lipinski definition) is 3. The lowest BCUT2D eigenvalue weighted by molar-refractivity contribution is 0.636. The highest BCUT2D eigenvalue weighted by molar-refractivity contribution is 7.10. The van der Waals surface area contributed by atoms with E-state index in [-0.39, 0.29) is 6.04 Å². The summed E-state index contributed by atoms with van der Waals surface area (Å²) in [5.41, 5.74) is 5.01. The molecule has 1 aromatic carbocycles. The lowest BCUT2D eigenvalue weighted by Crippen LogP contribution is -2.29. The van der Waals surface area contributed by atoms with Gasteiger partial charge in [0.2, 0.25) is 0 Å². The van der Waals surface area contributed by atoms with Crippen LogP contribution in [0.25, 0.3) is 0 Å². The standard InChI is InChI=1S/C12H13ClN2S/c1-8-9(6-7-16-8)12(15-14)10-4-2-3-5-11(10)13/h2-7,12,15H,14H2,1H3. The average molecular weight is 253 g/mol. The monoisotopic (exact) mass is 252 g/mol. The van der Waals surface area contributed by atoms with E-state index < -0.39 is 0 Å². The Balaban J connectivity index is 2.45. The molecule has 1 unspecified atom stereocenters. The molecule has 0 aliphatic carbocycles. The Morgan fingerprint density at radius 1 is 1.25 bits per heavy atom. The van der Waals surface area contributed by atoms with Crippen molar-refractivity contribution in [2.75, 3.05) is 0 Å². The van der Waals surface area contributed by atoms with Crippen molar-refractivity contribution in [3.63, 3.8) is 0 Å². The van der Waals surface area contributed by atoms with Gasteiger partial charge in [0.1, 0.15) is 0 Å². The zero-order valence-corrected chi connectivity index (χ0v) is 10.5. The third-order valence-electron chi connectivity index (χ3n) is 2.59. The minimum atomic E-state index is -0.0417. The first-order valence-corrected chi connectivity index (χ1v) is 6.24. The molecule has 2 aromatic rings. The van der Waals surface area contributed by atoms with Crippen molar-refractivity contribution < 1.29 is 0 Å². The Hall–Kier alpha value is -0.870. The van der Waals surface area contributed by atoms with E-state index in [9.17, 15) is 0 Å². The largest absolute Gasteiger partial charge is 0.271 e. The summed E-state index contributed by atoms with van der Waals surface area (Å²) in [4.78, 5) is 1.25. The summed E-state index contributed by atoms with van der Waals surface area (Å²) in [6.07, 6.45) is 0. The second kappa shape index (κ2) is 4.97. The number of benzene rings is 1. The molecular formula is C12H13ClN2S. The number of thiophene rings is 1. The van der Waals surface area contributed by atoms with E-state index in [2.05, 4.69) is 23.8 Å². The third-order valence-corrected chi connectivity index (χ3v) is 3.80. The molecule has 16 heavy (non-hydrogen) atoms. The molecule has 0 amide bonds. The van der Waals surface area contributed by atoms with Crippen LogP contribution in [0.2, 0.25) is 5.02 Å². The van der Waals surface area contributed by atoms with Crippen molar-refractivity contribution in [3.8, 4) is 0 Å². The number of nitrogens with two attached hydrogens (primary N) is 1. The van der Waals surface area contributed by atoms with Crippen molar-refractivity contribution in [3.05, 3.63) is 56.7 Å². The number of hydrazine groups is 1. The van der Waals surface area contributed by atoms with Gasteiger partial charge < -0.3 is 0 Å². The highest BCUT2D eigenvalue weighted by Gasteiger charge is 2.17. The molecule has 0 radical (unpaired) electrons. The Morgan fingerprint density at radius 3 is 2.56 bits per heavy atom. The molecule has 2 nitrogen and oxygen atoms in total. The maximum atomic E-state index is 6.17. The van der Waals surface area contributed by atoms with Crippen molar-refractivity contribution in [1.29, 1.82) is 0 Å². The number of aryl methyl sites for hydroxylation is 1. The predicted molar refractivity (Wildman–Crippen MR) is 69.7 cm³/mol. The Kier molecular flexibility index (Phi) is 3.61. The molecule has 3 N–H and O–H groups in total. The number of hydrogen-bond donors (Lipinski definition) is 2. The van der Waals surface area contributed by atoms with Gasteiger partial charge in [-0.1, -0.05) is 29.8 Å². The van der Waals surface area contributed by atoms with Crippen LogP contribution in [0.1, 0.15) is 22.0 Å². The quantitative estimate of drug-likeness (QED) is 0.650. The van der Waals surface area contributed by atoms with E-state index in [1.807, 2.05) is 24.3 Å². The van der Waals surface area contributed by atoms with Crippen molar-refractivity contribution in [2.24, 2.45) is 5.84 Å².